The smallest absolute Gasteiger partial charge is 0.325 e. The molecule has 0 radical (unpaired) electrons. The molecule has 1 aromatic carbocycles. The molecule has 1 saturated heterocycles. The number of urea groups is 1. The first-order valence-electron chi connectivity index (χ1n) is 9.06. The Morgan fingerprint density at radius 1 is 1.25 bits per heavy atom. The summed E-state index contributed by atoms with van der Waals surface area (Å²) in [5.74, 6) is 1.92. The van der Waals surface area contributed by atoms with Gasteiger partial charge in [-0.2, -0.15) is 0 Å². The summed E-state index contributed by atoms with van der Waals surface area (Å²) in [5, 5.41) is 2.85. The molecule has 0 unspecified atom stereocenters. The maximum Gasteiger partial charge on any atom is 0.325 e. The highest BCUT2D eigenvalue weighted by atomic mass is 16.5. The lowest BCUT2D eigenvalue weighted by atomic mass is 10.2. The normalized spacial score (nSPS) is 13.8. The third-order valence-electron chi connectivity index (χ3n) is 4.70. The first kappa shape index (κ1) is 19.5. The predicted octanol–water partition coefficient (Wildman–Crippen LogP) is 1.27. The van der Waals surface area contributed by atoms with E-state index in [2.05, 4.69) is 10.3 Å². The van der Waals surface area contributed by atoms with Crippen molar-refractivity contribution in [3.8, 4) is 11.5 Å². The molecule has 2 heterocycles. The molecule has 0 saturated carbocycles. The van der Waals surface area contributed by atoms with E-state index in [1.165, 1.54) is 4.90 Å². The highest BCUT2D eigenvalue weighted by Gasteiger charge is 2.32. The number of carbonyl (C=O) groups excluding carboxylic acids is 2. The van der Waals surface area contributed by atoms with Crippen molar-refractivity contribution in [1.82, 2.24) is 19.8 Å². The van der Waals surface area contributed by atoms with Gasteiger partial charge in [0.1, 0.15) is 23.9 Å². The lowest BCUT2D eigenvalue weighted by Gasteiger charge is -2.21. The van der Waals surface area contributed by atoms with Crippen LogP contribution in [0.3, 0.4) is 0 Å². The zero-order valence-corrected chi connectivity index (χ0v) is 16.3. The molecule has 1 fully saturated rings. The number of aryl methyl sites for hydroxylation is 1. The van der Waals surface area contributed by atoms with Gasteiger partial charge in [0.15, 0.2) is 0 Å². The number of benzene rings is 1. The maximum absolute atomic E-state index is 12.8. The van der Waals surface area contributed by atoms with Crippen molar-refractivity contribution in [2.24, 2.45) is 0 Å². The number of anilines is 1. The van der Waals surface area contributed by atoms with Crippen LogP contribution in [0.25, 0.3) is 0 Å². The van der Waals surface area contributed by atoms with Crippen molar-refractivity contribution in [2.45, 2.75) is 13.5 Å². The number of nitrogens with one attached hydrogen (secondary N) is 1. The number of hydrogen-bond donors (Lipinski definition) is 1. The fraction of sp³-hybridized carbons (Fsp3) is 0.421. The minimum absolute atomic E-state index is 0.0184. The molecule has 1 N–H and O–H groups in total. The Morgan fingerprint density at radius 2 is 2.07 bits per heavy atom. The van der Waals surface area contributed by atoms with Crippen LogP contribution in [0.2, 0.25) is 0 Å². The van der Waals surface area contributed by atoms with Crippen molar-refractivity contribution < 1.29 is 19.1 Å². The fourth-order valence-electron chi connectivity index (χ4n) is 3.15. The van der Waals surface area contributed by atoms with E-state index in [1.54, 1.807) is 43.5 Å². The molecule has 0 bridgehead atoms. The fourth-order valence-corrected chi connectivity index (χ4v) is 3.15. The van der Waals surface area contributed by atoms with Crippen LogP contribution in [-0.4, -0.2) is 66.8 Å². The number of amides is 3. The van der Waals surface area contributed by atoms with E-state index in [0.29, 0.717) is 43.4 Å². The van der Waals surface area contributed by atoms with Gasteiger partial charge >= 0.3 is 6.03 Å². The Hall–Kier alpha value is -3.23. The van der Waals surface area contributed by atoms with Gasteiger partial charge in [0.2, 0.25) is 5.91 Å². The summed E-state index contributed by atoms with van der Waals surface area (Å²) in [7, 11) is 3.12. The summed E-state index contributed by atoms with van der Waals surface area (Å²) in [6.07, 6.45) is 3.59. The lowest BCUT2D eigenvalue weighted by molar-refractivity contribution is -0.121. The number of nitrogens with zero attached hydrogens (tertiary/aromatic N) is 4. The van der Waals surface area contributed by atoms with Gasteiger partial charge in [-0.25, -0.2) is 9.78 Å². The monoisotopic (exact) mass is 387 g/mol. The van der Waals surface area contributed by atoms with E-state index in [-0.39, 0.29) is 18.5 Å². The van der Waals surface area contributed by atoms with Crippen LogP contribution in [0.5, 0.6) is 11.5 Å². The van der Waals surface area contributed by atoms with E-state index in [4.69, 9.17) is 9.47 Å². The Labute approximate surface area is 163 Å². The molecule has 0 aliphatic carbocycles. The van der Waals surface area contributed by atoms with Crippen LogP contribution >= 0.6 is 0 Å². The molecule has 9 heteroatoms. The summed E-state index contributed by atoms with van der Waals surface area (Å²) in [5.41, 5.74) is 0.630. The predicted molar refractivity (Wildman–Crippen MR) is 104 cm³/mol. The second-order valence-electron chi connectivity index (χ2n) is 6.41. The van der Waals surface area contributed by atoms with Crippen LogP contribution in [0, 0.1) is 6.92 Å². The molecule has 0 spiro atoms. The molecule has 3 amide bonds. The molecule has 2 aromatic rings. The average Bonchev–Trinajstić information content (AvgIpc) is 3.27. The molecule has 28 heavy (non-hydrogen) atoms. The number of ether oxygens (including phenoxy) is 2. The van der Waals surface area contributed by atoms with Gasteiger partial charge in [-0.1, -0.05) is 0 Å². The number of aromatic nitrogens is 2. The Balaban J connectivity index is 1.56. The Morgan fingerprint density at radius 3 is 2.75 bits per heavy atom. The van der Waals surface area contributed by atoms with Crippen LogP contribution in [-0.2, 0) is 11.3 Å². The second-order valence-corrected chi connectivity index (χ2v) is 6.41. The number of hydrogen-bond acceptors (Lipinski definition) is 5. The van der Waals surface area contributed by atoms with Crippen LogP contribution < -0.4 is 19.7 Å². The van der Waals surface area contributed by atoms with E-state index in [0.717, 1.165) is 5.82 Å². The van der Waals surface area contributed by atoms with Crippen LogP contribution in [0.4, 0.5) is 10.5 Å². The molecular weight excluding hydrogens is 362 g/mol. The minimum atomic E-state index is -0.229. The third-order valence-corrected chi connectivity index (χ3v) is 4.70. The Kier molecular flexibility index (Phi) is 6.03. The van der Waals surface area contributed by atoms with Gasteiger partial charge in [0.25, 0.3) is 0 Å². The van der Waals surface area contributed by atoms with Crippen molar-refractivity contribution in [3.63, 3.8) is 0 Å². The van der Waals surface area contributed by atoms with Crippen molar-refractivity contribution in [1.29, 1.82) is 0 Å². The summed E-state index contributed by atoms with van der Waals surface area (Å²) >= 11 is 0. The molecule has 0 atom stereocenters. The first-order valence-corrected chi connectivity index (χ1v) is 9.06. The molecule has 1 aliphatic rings. The van der Waals surface area contributed by atoms with E-state index in [9.17, 15) is 9.59 Å². The standard InChI is InChI=1S/C19H25N5O4/c1-14-20-6-8-22(14)9-7-21-18(25)13-23-10-11-24(19(23)26)16-12-15(27-2)4-5-17(16)28-3/h4-6,8,12H,7,9-11,13H2,1-3H3,(H,21,25). The highest BCUT2D eigenvalue weighted by Crippen LogP contribution is 2.34. The maximum atomic E-state index is 12.8. The van der Waals surface area contributed by atoms with E-state index in [1.807, 2.05) is 17.7 Å². The van der Waals surface area contributed by atoms with Crippen molar-refractivity contribution >= 4 is 17.6 Å². The second kappa shape index (κ2) is 8.64. The van der Waals surface area contributed by atoms with E-state index >= 15 is 0 Å². The molecule has 3 rings (SSSR count). The average molecular weight is 387 g/mol. The third kappa shape index (κ3) is 4.19. The van der Waals surface area contributed by atoms with Gasteiger partial charge in [0, 0.05) is 44.6 Å². The topological polar surface area (TPSA) is 88.9 Å². The van der Waals surface area contributed by atoms with Gasteiger partial charge in [-0.15, -0.1) is 0 Å². The van der Waals surface area contributed by atoms with Gasteiger partial charge in [-0.05, 0) is 19.1 Å². The quantitative estimate of drug-likeness (QED) is 0.737. The summed E-state index contributed by atoms with van der Waals surface area (Å²) in [6.45, 7) is 3.98. The SMILES string of the molecule is COc1ccc(OC)c(N2CCN(CC(=O)NCCn3ccnc3C)C2=O)c1. The summed E-state index contributed by atoms with van der Waals surface area (Å²) < 4.78 is 12.6. The lowest BCUT2D eigenvalue weighted by Crippen LogP contribution is -2.40. The largest absolute Gasteiger partial charge is 0.497 e. The molecule has 1 aromatic heterocycles. The van der Waals surface area contributed by atoms with Gasteiger partial charge < -0.3 is 24.3 Å². The van der Waals surface area contributed by atoms with Gasteiger partial charge in [-0.3, -0.25) is 9.69 Å². The van der Waals surface area contributed by atoms with Gasteiger partial charge in [0.05, 0.1) is 19.9 Å². The zero-order chi connectivity index (χ0) is 20.1. The number of carbonyl (C=O) groups is 2. The zero-order valence-electron chi connectivity index (χ0n) is 16.3. The van der Waals surface area contributed by atoms with E-state index < -0.39 is 0 Å². The molecule has 9 nitrogen and oxygen atoms in total. The minimum Gasteiger partial charge on any atom is -0.497 e. The highest BCUT2D eigenvalue weighted by molar-refractivity contribution is 5.97. The molecule has 1 aliphatic heterocycles. The van der Waals surface area contributed by atoms with Crippen molar-refractivity contribution in [2.75, 3.05) is 45.3 Å². The Bertz CT molecular complexity index is 851. The number of rotatable bonds is 8. The summed E-state index contributed by atoms with van der Waals surface area (Å²) in [4.78, 5) is 32.3. The first-order chi connectivity index (χ1) is 13.5. The molecular formula is C19H25N5O4. The number of imidazole rings is 1. The van der Waals surface area contributed by atoms with Crippen LogP contribution in [0.15, 0.2) is 30.6 Å². The van der Waals surface area contributed by atoms with Crippen LogP contribution in [0.1, 0.15) is 5.82 Å². The number of methoxy groups -OCH3 is 2. The van der Waals surface area contributed by atoms with Crippen molar-refractivity contribution in [3.05, 3.63) is 36.4 Å². The molecule has 150 valence electrons. The summed E-state index contributed by atoms with van der Waals surface area (Å²) in [6, 6.07) is 5.06.